The Morgan fingerprint density at radius 1 is 0.250 bits per heavy atom. The van der Waals surface area contributed by atoms with Crippen molar-refractivity contribution in [1.82, 2.24) is 0 Å². The summed E-state index contributed by atoms with van der Waals surface area (Å²) in [5.41, 5.74) is 0. The van der Waals surface area contributed by atoms with E-state index in [1.165, 1.54) is 86.2 Å². The van der Waals surface area contributed by atoms with Gasteiger partial charge in [-0.15, -0.1) is 0 Å². The van der Waals surface area contributed by atoms with Crippen LogP contribution in [0.5, 0.6) is 0 Å². The number of hydrogen-bond donors (Lipinski definition) is 0. The highest BCUT2D eigenvalue weighted by Crippen LogP contribution is 2.49. The Bertz CT molecular complexity index is 2170. The highest BCUT2D eigenvalue weighted by Gasteiger charge is 2.21. The summed E-state index contributed by atoms with van der Waals surface area (Å²) in [6, 6.07) is 36.6. The van der Waals surface area contributed by atoms with Crippen LogP contribution in [0.3, 0.4) is 0 Å². The normalized spacial score (nSPS) is 13.0. The lowest BCUT2D eigenvalue weighted by molar-refractivity contribution is 1.80. The molecule has 0 aliphatic heterocycles. The Kier molecular flexibility index (Phi) is 2.44. The monoisotopic (exact) mass is 400 g/mol. The molecule has 0 saturated heterocycles. The summed E-state index contributed by atoms with van der Waals surface area (Å²) in [5, 5.41) is 22.0. The molecule has 32 heavy (non-hydrogen) atoms. The van der Waals surface area contributed by atoms with E-state index in [1.807, 2.05) is 0 Å². The van der Waals surface area contributed by atoms with Crippen molar-refractivity contribution >= 4 is 86.2 Å². The highest BCUT2D eigenvalue weighted by atomic mass is 14.2. The molecule has 0 saturated carbocycles. The van der Waals surface area contributed by atoms with Crippen LogP contribution in [0.2, 0.25) is 0 Å². The third-order valence-electron chi connectivity index (χ3n) is 7.86. The Morgan fingerprint density at radius 2 is 0.719 bits per heavy atom. The van der Waals surface area contributed by atoms with E-state index in [0.717, 1.165) is 0 Å². The summed E-state index contributed by atoms with van der Waals surface area (Å²) >= 11 is 0. The van der Waals surface area contributed by atoms with E-state index >= 15 is 0 Å². The lowest BCUT2D eigenvalue weighted by Crippen LogP contribution is -1.93. The van der Waals surface area contributed by atoms with Gasteiger partial charge < -0.3 is 0 Å². The number of rotatable bonds is 0. The van der Waals surface area contributed by atoms with Crippen LogP contribution in [-0.2, 0) is 0 Å². The van der Waals surface area contributed by atoms with Crippen molar-refractivity contribution in [3.8, 4) is 0 Å². The van der Waals surface area contributed by atoms with Gasteiger partial charge in [0.1, 0.15) is 0 Å². The molecule has 0 aliphatic rings. The maximum absolute atomic E-state index is 2.45. The van der Waals surface area contributed by atoms with E-state index in [-0.39, 0.29) is 0 Å². The van der Waals surface area contributed by atoms with Gasteiger partial charge in [-0.1, -0.05) is 91.0 Å². The van der Waals surface area contributed by atoms with Gasteiger partial charge in [0.15, 0.2) is 0 Å². The van der Waals surface area contributed by atoms with Crippen molar-refractivity contribution in [3.63, 3.8) is 0 Å². The average molecular weight is 400 g/mol. The molecule has 0 aromatic heterocycles. The van der Waals surface area contributed by atoms with Gasteiger partial charge in [-0.25, -0.2) is 0 Å². The summed E-state index contributed by atoms with van der Waals surface area (Å²) in [4.78, 5) is 0. The summed E-state index contributed by atoms with van der Waals surface area (Å²) in [5.74, 6) is 0. The second-order valence-corrected chi connectivity index (χ2v) is 9.28. The summed E-state index contributed by atoms with van der Waals surface area (Å²) in [6.45, 7) is 0. The molecule has 0 heteroatoms. The van der Waals surface area contributed by atoms with Gasteiger partial charge in [-0.3, -0.25) is 0 Å². The molecule has 0 amide bonds. The molecule has 0 atom stereocenters. The average Bonchev–Trinajstić information content (AvgIpc) is 2.85. The molecule has 0 bridgehead atoms. The minimum atomic E-state index is 1.32. The van der Waals surface area contributed by atoms with E-state index in [9.17, 15) is 0 Å². The fraction of sp³-hybridized carbons (Fsp3) is 0. The summed E-state index contributed by atoms with van der Waals surface area (Å²) < 4.78 is 0. The minimum Gasteiger partial charge on any atom is -0.0610 e. The van der Waals surface area contributed by atoms with E-state index in [4.69, 9.17) is 0 Å². The number of fused-ring (bicyclic) bond motifs is 3. The fourth-order valence-corrected chi connectivity index (χ4v) is 6.65. The number of benzene rings is 9. The van der Waals surface area contributed by atoms with Gasteiger partial charge >= 0.3 is 0 Å². The van der Waals surface area contributed by atoms with Gasteiger partial charge in [-0.2, -0.15) is 0 Å². The van der Waals surface area contributed by atoms with Crippen LogP contribution in [0.4, 0.5) is 0 Å². The Hall–Kier alpha value is -4.16. The van der Waals surface area contributed by atoms with Crippen LogP contribution in [-0.4, -0.2) is 0 Å². The molecule has 0 spiro atoms. The first-order chi connectivity index (χ1) is 15.9. The van der Waals surface area contributed by atoms with Gasteiger partial charge in [0.25, 0.3) is 0 Å². The predicted molar refractivity (Wildman–Crippen MR) is 140 cm³/mol. The molecule has 0 unspecified atom stereocenters. The van der Waals surface area contributed by atoms with E-state index in [0.29, 0.717) is 0 Å². The molecule has 0 nitrogen and oxygen atoms in total. The molecule has 9 rings (SSSR count). The maximum atomic E-state index is 2.45. The minimum absolute atomic E-state index is 1.32. The lowest BCUT2D eigenvalue weighted by Gasteiger charge is -2.21. The molecule has 0 aliphatic carbocycles. The zero-order valence-corrected chi connectivity index (χ0v) is 17.2. The fourth-order valence-electron chi connectivity index (χ4n) is 6.65. The first-order valence-corrected chi connectivity index (χ1v) is 11.3. The van der Waals surface area contributed by atoms with Crippen molar-refractivity contribution in [3.05, 3.63) is 97.1 Å². The molecule has 144 valence electrons. The van der Waals surface area contributed by atoms with E-state index < -0.39 is 0 Å². The van der Waals surface area contributed by atoms with Crippen molar-refractivity contribution in [2.75, 3.05) is 0 Å². The largest absolute Gasteiger partial charge is 0.0610 e. The SMILES string of the molecule is c1cc2cccc3c4cc5ccc6ccc7cccc8c9ccc(c(c1)c23)c4c9c5c6c78. The van der Waals surface area contributed by atoms with E-state index in [1.54, 1.807) is 0 Å². The zero-order chi connectivity index (χ0) is 20.6. The molecule has 9 aromatic carbocycles. The second-order valence-electron chi connectivity index (χ2n) is 9.28. The Balaban J connectivity index is 1.76. The molecule has 0 N–H and O–H groups in total. The van der Waals surface area contributed by atoms with Gasteiger partial charge in [0, 0.05) is 0 Å². The van der Waals surface area contributed by atoms with Crippen LogP contribution >= 0.6 is 0 Å². The van der Waals surface area contributed by atoms with Crippen LogP contribution in [0, 0.1) is 0 Å². The van der Waals surface area contributed by atoms with Crippen LogP contribution in [0.1, 0.15) is 0 Å². The maximum Gasteiger partial charge on any atom is -0.000762 e. The van der Waals surface area contributed by atoms with Gasteiger partial charge in [0.2, 0.25) is 0 Å². The summed E-state index contributed by atoms with van der Waals surface area (Å²) in [7, 11) is 0. The molecule has 9 aromatic rings. The van der Waals surface area contributed by atoms with Crippen molar-refractivity contribution < 1.29 is 0 Å². The van der Waals surface area contributed by atoms with Crippen LogP contribution < -0.4 is 0 Å². The first kappa shape index (κ1) is 15.6. The van der Waals surface area contributed by atoms with Gasteiger partial charge in [0.05, 0.1) is 0 Å². The molecule has 0 radical (unpaired) electrons. The highest BCUT2D eigenvalue weighted by molar-refractivity contribution is 6.46. The number of hydrogen-bond acceptors (Lipinski definition) is 0. The van der Waals surface area contributed by atoms with Crippen LogP contribution in [0.25, 0.3) is 86.2 Å². The Labute approximate surface area is 183 Å². The van der Waals surface area contributed by atoms with Crippen molar-refractivity contribution in [1.29, 1.82) is 0 Å². The van der Waals surface area contributed by atoms with Gasteiger partial charge in [-0.05, 0) is 92.2 Å². The third-order valence-corrected chi connectivity index (χ3v) is 7.86. The smallest absolute Gasteiger partial charge is 0.000762 e. The molecule has 0 fully saturated rings. The quantitative estimate of drug-likeness (QED) is 0.176. The lowest BCUT2D eigenvalue weighted by atomic mass is 9.81. The molecular formula is C32H16. The Morgan fingerprint density at radius 3 is 1.44 bits per heavy atom. The standard InChI is InChI=1S/C32H16/c1-4-17-5-2-9-23-26-16-20-13-12-19-11-10-18-6-3-8-22-25-15-14-24(21(7-1)27(17)23)31(26)32(25)30(20)29(19)28(18)22/h1-16H. The van der Waals surface area contributed by atoms with E-state index in [2.05, 4.69) is 97.1 Å². The third kappa shape index (κ3) is 1.57. The van der Waals surface area contributed by atoms with Crippen molar-refractivity contribution in [2.24, 2.45) is 0 Å². The van der Waals surface area contributed by atoms with Crippen molar-refractivity contribution in [2.45, 2.75) is 0 Å². The zero-order valence-electron chi connectivity index (χ0n) is 17.2. The molecular weight excluding hydrogens is 384 g/mol. The predicted octanol–water partition coefficient (Wildman–Crippen LogP) is 9.23. The van der Waals surface area contributed by atoms with Crippen LogP contribution in [0.15, 0.2) is 97.1 Å². The first-order valence-electron chi connectivity index (χ1n) is 11.3. The molecule has 0 heterocycles. The second kappa shape index (κ2) is 5.00. The topological polar surface area (TPSA) is 0 Å². The summed E-state index contributed by atoms with van der Waals surface area (Å²) in [6.07, 6.45) is 0.